The highest BCUT2D eigenvalue weighted by Crippen LogP contribution is 2.47. The van der Waals surface area contributed by atoms with Crippen LogP contribution in [0, 0.1) is 17.8 Å². The number of carbonyl (C=O) groups excluding carboxylic acids is 3. The number of ether oxygens (including phenoxy) is 1. The number of aliphatic hydroxyl groups excluding tert-OH is 2. The number of nitrogens with zero attached hydrogens (tertiary/aromatic N) is 1. The van der Waals surface area contributed by atoms with E-state index in [4.69, 9.17) is 9.16 Å². The number of allylic oxidation sites excluding steroid dienone is 1. The smallest absolute Gasteiger partial charge is 0.423 e. The zero-order chi connectivity index (χ0) is 37.8. The van der Waals surface area contributed by atoms with Crippen LogP contribution in [0.5, 0.6) is 5.75 Å². The number of benzene rings is 3. The highest BCUT2D eigenvalue weighted by molar-refractivity contribution is 9.10. The summed E-state index contributed by atoms with van der Waals surface area (Å²) in [6.07, 6.45) is 1.19. The monoisotopic (exact) mass is 789 g/mol. The number of aromatic hydroxyl groups is 1. The van der Waals surface area contributed by atoms with Crippen LogP contribution in [0.1, 0.15) is 58.9 Å². The first kappa shape index (κ1) is 39.3. The van der Waals surface area contributed by atoms with Crippen LogP contribution < -0.4 is 10.4 Å². The van der Waals surface area contributed by atoms with Gasteiger partial charge in [0.1, 0.15) is 5.75 Å². The topological polar surface area (TPSA) is 134 Å². The molecule has 1 fully saturated rings. The summed E-state index contributed by atoms with van der Waals surface area (Å²) in [5.74, 6) is -4.18. The molecular weight excluding hydrogens is 742 g/mol. The number of carbonyl (C=O) groups is 3. The molecule has 5 rings (SSSR count). The summed E-state index contributed by atoms with van der Waals surface area (Å²) in [7, 11) is -1.97. The summed E-state index contributed by atoms with van der Waals surface area (Å²) >= 11 is 3.46. The minimum atomic E-state index is -3.08. The van der Waals surface area contributed by atoms with Crippen LogP contribution in [0.4, 0.5) is 4.79 Å². The third-order valence-electron chi connectivity index (χ3n) is 10.5. The molecule has 9 nitrogen and oxygen atoms in total. The molecule has 3 N–H and O–H groups in total. The van der Waals surface area contributed by atoms with Crippen molar-refractivity contribution in [2.45, 2.75) is 64.5 Å². The molecule has 0 saturated carbocycles. The molecule has 276 valence electrons. The van der Waals surface area contributed by atoms with Crippen molar-refractivity contribution in [2.75, 3.05) is 20.3 Å². The van der Waals surface area contributed by atoms with Gasteiger partial charge in [0.25, 0.3) is 8.32 Å². The second kappa shape index (κ2) is 16.4. The van der Waals surface area contributed by atoms with Gasteiger partial charge in [0.2, 0.25) is 11.8 Å². The minimum Gasteiger partial charge on any atom is -0.507 e. The Morgan fingerprint density at radius 3 is 2.17 bits per heavy atom. The third-order valence-corrected chi connectivity index (χ3v) is 16.0. The number of phenols is 1. The molecule has 3 aromatic carbocycles. The zero-order valence-corrected chi connectivity index (χ0v) is 32.9. The van der Waals surface area contributed by atoms with E-state index in [0.29, 0.717) is 34.5 Å². The van der Waals surface area contributed by atoms with Gasteiger partial charge in [-0.05, 0) is 70.4 Å². The molecule has 1 aliphatic heterocycles. The van der Waals surface area contributed by atoms with Crippen molar-refractivity contribution in [1.29, 1.82) is 0 Å². The Morgan fingerprint density at radius 2 is 1.63 bits per heavy atom. The lowest BCUT2D eigenvalue weighted by Gasteiger charge is -2.44. The average Bonchev–Trinajstić information content (AvgIpc) is 3.39. The number of aliphatic hydroxyl groups is 2. The fourth-order valence-electron chi connectivity index (χ4n) is 8.01. The lowest BCUT2D eigenvalue weighted by atomic mass is 9.68. The Labute approximate surface area is 315 Å². The first-order valence-corrected chi connectivity index (χ1v) is 20.4. The van der Waals surface area contributed by atoms with E-state index < -0.39 is 56.7 Å². The van der Waals surface area contributed by atoms with E-state index in [0.717, 1.165) is 27.5 Å². The third kappa shape index (κ3) is 7.61. The largest absolute Gasteiger partial charge is 0.507 e. The van der Waals surface area contributed by atoms with Gasteiger partial charge in [-0.15, -0.1) is 0 Å². The maximum Gasteiger partial charge on any atom is 0.423 e. The number of hydrogen-bond acceptors (Lipinski definition) is 8. The quantitative estimate of drug-likeness (QED) is 0.110. The van der Waals surface area contributed by atoms with Gasteiger partial charge >= 0.3 is 6.09 Å². The van der Waals surface area contributed by atoms with Crippen molar-refractivity contribution in [3.05, 3.63) is 106 Å². The van der Waals surface area contributed by atoms with Gasteiger partial charge < -0.3 is 24.5 Å². The van der Waals surface area contributed by atoms with Gasteiger partial charge in [-0.1, -0.05) is 116 Å². The molecule has 0 bridgehead atoms. The van der Waals surface area contributed by atoms with Gasteiger partial charge in [0.05, 0.1) is 38.3 Å². The molecule has 3 aromatic rings. The van der Waals surface area contributed by atoms with Crippen LogP contribution in [0.3, 0.4) is 0 Å². The minimum absolute atomic E-state index is 0.0431. The highest BCUT2D eigenvalue weighted by atomic mass is 79.9. The number of likely N-dealkylation sites (tertiary alicyclic amines) is 1. The first-order chi connectivity index (χ1) is 24.8. The van der Waals surface area contributed by atoms with E-state index in [1.807, 2.05) is 55.5 Å². The van der Waals surface area contributed by atoms with Crippen LogP contribution in [0.15, 0.2) is 100 Å². The number of phenolic OH excluding ortho intramolecular Hbond substituents is 1. The number of imide groups is 3. The van der Waals surface area contributed by atoms with Crippen molar-refractivity contribution in [2.24, 2.45) is 17.8 Å². The van der Waals surface area contributed by atoms with Gasteiger partial charge in [-0.3, -0.25) is 9.59 Å². The Kier molecular flexibility index (Phi) is 12.4. The average molecular weight is 791 g/mol. The second-order valence-corrected chi connectivity index (χ2v) is 19.8. The molecule has 2 aliphatic rings. The SMILES string of the molecule is CC/C(=C\c1cc(Br)ccc1O)CC[C@@H](O)C1=C(CO[Si](c2ccccc2)(c2ccccc2)C(C)(C)C)C[C@H]2C(=O)N(C(=O)OC)C(=O)[C@H]2[C@H]1CO. The second-order valence-electron chi connectivity index (χ2n) is 14.5. The lowest BCUT2D eigenvalue weighted by molar-refractivity contribution is -0.137. The number of amides is 3. The van der Waals surface area contributed by atoms with Crippen molar-refractivity contribution in [3.8, 4) is 5.75 Å². The molecule has 0 unspecified atom stereocenters. The zero-order valence-electron chi connectivity index (χ0n) is 30.3. The number of hydrogen-bond donors (Lipinski definition) is 3. The summed E-state index contributed by atoms with van der Waals surface area (Å²) in [6, 6.07) is 25.4. The summed E-state index contributed by atoms with van der Waals surface area (Å²) < 4.78 is 12.9. The van der Waals surface area contributed by atoms with Crippen LogP contribution in [0.2, 0.25) is 5.04 Å². The van der Waals surface area contributed by atoms with E-state index in [9.17, 15) is 29.7 Å². The fourth-order valence-corrected chi connectivity index (χ4v) is 12.9. The van der Waals surface area contributed by atoms with Gasteiger partial charge in [0.15, 0.2) is 0 Å². The van der Waals surface area contributed by atoms with E-state index >= 15 is 0 Å². The van der Waals surface area contributed by atoms with Crippen molar-refractivity contribution < 1.29 is 38.9 Å². The van der Waals surface area contributed by atoms with Crippen LogP contribution in [-0.4, -0.2) is 72.9 Å². The molecule has 1 heterocycles. The Hall–Kier alpha value is -3.87. The molecule has 0 spiro atoms. The van der Waals surface area contributed by atoms with Crippen molar-refractivity contribution in [3.63, 3.8) is 0 Å². The van der Waals surface area contributed by atoms with E-state index in [1.54, 1.807) is 12.1 Å². The molecule has 1 saturated heterocycles. The van der Waals surface area contributed by atoms with Crippen LogP contribution >= 0.6 is 15.9 Å². The first-order valence-electron chi connectivity index (χ1n) is 17.7. The fraction of sp³-hybridized carbons (Fsp3) is 0.390. The molecule has 3 amide bonds. The lowest BCUT2D eigenvalue weighted by Crippen LogP contribution is -2.66. The summed E-state index contributed by atoms with van der Waals surface area (Å²) in [6.45, 7) is 8.00. The van der Waals surface area contributed by atoms with Gasteiger partial charge in [0, 0.05) is 16.0 Å². The predicted molar refractivity (Wildman–Crippen MR) is 206 cm³/mol. The molecule has 52 heavy (non-hydrogen) atoms. The van der Waals surface area contributed by atoms with Crippen LogP contribution in [-0.2, 0) is 18.8 Å². The molecular formula is C41H48BrNO8Si. The number of methoxy groups -OCH3 is 1. The molecule has 4 atom stereocenters. The van der Waals surface area contributed by atoms with Gasteiger partial charge in [-0.25, -0.2) is 4.79 Å². The maximum absolute atomic E-state index is 13.7. The standard InChI is InChI=1S/C41H48BrNO8Si/c1-6-26(21-27-22-29(42)18-20-34(27)45)17-19-35(46)36-28(23-32-37(33(36)24-44)39(48)43(38(32)47)40(49)50-5)25-51-52(41(2,3)4,30-13-9-7-10-14-30)31-15-11-8-12-16-31/h7-16,18,20-22,32-33,35,37,44-46H,6,17,19,23-25H2,1-5H3/b26-21+/t32-,33+,35-,37-/m1/s1. The van der Waals surface area contributed by atoms with Crippen molar-refractivity contribution >= 4 is 58.6 Å². The van der Waals surface area contributed by atoms with Gasteiger partial charge in [-0.2, -0.15) is 4.90 Å². The van der Waals surface area contributed by atoms with E-state index in [-0.39, 0.29) is 30.2 Å². The maximum atomic E-state index is 13.7. The number of rotatable bonds is 12. The Morgan fingerprint density at radius 1 is 1.02 bits per heavy atom. The van der Waals surface area contributed by atoms with E-state index in [1.165, 1.54) is 0 Å². The molecule has 0 radical (unpaired) electrons. The number of halogens is 1. The predicted octanol–water partition coefficient (Wildman–Crippen LogP) is 6.34. The normalized spacial score (nSPS) is 20.3. The molecule has 1 aliphatic carbocycles. The summed E-state index contributed by atoms with van der Waals surface area (Å²) in [5.41, 5.74) is 2.73. The molecule has 0 aromatic heterocycles. The number of fused-ring (bicyclic) bond motifs is 1. The van der Waals surface area contributed by atoms with E-state index in [2.05, 4.69) is 61.0 Å². The summed E-state index contributed by atoms with van der Waals surface area (Å²) in [5, 5.41) is 35.2. The Bertz CT molecular complexity index is 1800. The van der Waals surface area contributed by atoms with Crippen LogP contribution in [0.25, 0.3) is 6.08 Å². The molecule has 11 heteroatoms. The summed E-state index contributed by atoms with van der Waals surface area (Å²) in [4.78, 5) is 40.6. The van der Waals surface area contributed by atoms with Crippen molar-refractivity contribution in [1.82, 2.24) is 4.90 Å². The highest BCUT2D eigenvalue weighted by Gasteiger charge is 2.58. The Balaban J connectivity index is 1.59.